The van der Waals surface area contributed by atoms with Gasteiger partial charge in [0.1, 0.15) is 0 Å². The van der Waals surface area contributed by atoms with E-state index in [1.165, 1.54) is 51.4 Å². The van der Waals surface area contributed by atoms with Crippen molar-refractivity contribution in [2.24, 2.45) is 46.0 Å². The topological polar surface area (TPSA) is 105 Å². The molecular weight excluding hydrogens is 416 g/mol. The average molecular weight is 463 g/mol. The average Bonchev–Trinajstić information content (AvgIpc) is 3.21. The predicted molar refractivity (Wildman–Crippen MR) is 128 cm³/mol. The SMILES string of the molecule is CC(C1CCCCC1)C1(C)C2(C)CCC(OC(N)=O)(C2)C1(OC(N)=O)C(C)C1CCCCC1. The summed E-state index contributed by atoms with van der Waals surface area (Å²) < 4.78 is 12.6. The fourth-order valence-corrected chi connectivity index (χ4v) is 9.62. The van der Waals surface area contributed by atoms with E-state index >= 15 is 0 Å². The van der Waals surface area contributed by atoms with Gasteiger partial charge in [-0.25, -0.2) is 9.59 Å². The van der Waals surface area contributed by atoms with E-state index in [0.717, 1.165) is 19.3 Å². The summed E-state index contributed by atoms with van der Waals surface area (Å²) in [7, 11) is 0. The van der Waals surface area contributed by atoms with Gasteiger partial charge in [-0.2, -0.15) is 0 Å². The van der Waals surface area contributed by atoms with Crippen LogP contribution in [0.2, 0.25) is 0 Å². The number of fused-ring (bicyclic) bond motifs is 2. The van der Waals surface area contributed by atoms with Crippen LogP contribution >= 0.6 is 0 Å². The van der Waals surface area contributed by atoms with Crippen LogP contribution in [0.25, 0.3) is 0 Å². The summed E-state index contributed by atoms with van der Waals surface area (Å²) in [5.74, 6) is 1.32. The summed E-state index contributed by atoms with van der Waals surface area (Å²) in [5.41, 5.74) is 9.16. The summed E-state index contributed by atoms with van der Waals surface area (Å²) in [4.78, 5) is 25.0. The molecule has 6 nitrogen and oxygen atoms in total. The van der Waals surface area contributed by atoms with Gasteiger partial charge in [0.2, 0.25) is 0 Å². The van der Waals surface area contributed by atoms with Crippen molar-refractivity contribution in [2.75, 3.05) is 0 Å². The third-order valence-corrected chi connectivity index (χ3v) is 11.3. The largest absolute Gasteiger partial charge is 0.439 e. The lowest BCUT2D eigenvalue weighted by molar-refractivity contribution is -0.255. The molecule has 4 aliphatic rings. The van der Waals surface area contributed by atoms with E-state index in [9.17, 15) is 9.59 Å². The number of hydrogen-bond donors (Lipinski definition) is 2. The summed E-state index contributed by atoms with van der Waals surface area (Å²) in [6, 6.07) is 0. The lowest BCUT2D eigenvalue weighted by atomic mass is 9.45. The van der Waals surface area contributed by atoms with Crippen molar-refractivity contribution in [3.05, 3.63) is 0 Å². The molecule has 6 atom stereocenters. The molecule has 0 heterocycles. The maximum absolute atomic E-state index is 12.7. The molecule has 0 spiro atoms. The molecule has 4 saturated carbocycles. The zero-order chi connectivity index (χ0) is 24.1. The lowest BCUT2D eigenvalue weighted by Gasteiger charge is -2.63. The van der Waals surface area contributed by atoms with E-state index < -0.39 is 23.4 Å². The Morgan fingerprint density at radius 2 is 1.24 bits per heavy atom. The first-order valence-corrected chi connectivity index (χ1v) is 13.5. The molecule has 2 amide bonds. The van der Waals surface area contributed by atoms with Crippen LogP contribution in [0.15, 0.2) is 0 Å². The Hall–Kier alpha value is -1.46. The molecule has 0 radical (unpaired) electrons. The molecule has 188 valence electrons. The molecule has 6 unspecified atom stereocenters. The summed E-state index contributed by atoms with van der Waals surface area (Å²) in [6.07, 6.45) is 12.8. The Kier molecular flexibility index (Phi) is 6.46. The van der Waals surface area contributed by atoms with Gasteiger partial charge in [0, 0.05) is 11.3 Å². The molecule has 0 saturated heterocycles. The number of amides is 2. The summed E-state index contributed by atoms with van der Waals surface area (Å²) >= 11 is 0. The quantitative estimate of drug-likeness (QED) is 0.483. The highest BCUT2D eigenvalue weighted by Gasteiger charge is 2.84. The van der Waals surface area contributed by atoms with Gasteiger partial charge in [-0.3, -0.25) is 0 Å². The van der Waals surface area contributed by atoms with Gasteiger partial charge < -0.3 is 20.9 Å². The molecule has 2 bridgehead atoms. The van der Waals surface area contributed by atoms with Gasteiger partial charge in [0.05, 0.1) is 0 Å². The third kappa shape index (κ3) is 3.48. The zero-order valence-corrected chi connectivity index (χ0v) is 21.3. The normalized spacial score (nSPS) is 41.5. The molecule has 4 N–H and O–H groups in total. The van der Waals surface area contributed by atoms with Crippen molar-refractivity contribution in [1.29, 1.82) is 0 Å². The number of ether oxygens (including phenoxy) is 2. The maximum Gasteiger partial charge on any atom is 0.405 e. The van der Waals surface area contributed by atoms with E-state index in [1.54, 1.807) is 0 Å². The van der Waals surface area contributed by atoms with Gasteiger partial charge in [0.25, 0.3) is 0 Å². The molecule has 0 aromatic rings. The van der Waals surface area contributed by atoms with Crippen LogP contribution in [0.3, 0.4) is 0 Å². The van der Waals surface area contributed by atoms with E-state index in [2.05, 4.69) is 27.7 Å². The predicted octanol–water partition coefficient (Wildman–Crippen LogP) is 6.30. The summed E-state index contributed by atoms with van der Waals surface area (Å²) in [6.45, 7) is 9.27. The van der Waals surface area contributed by atoms with Crippen LogP contribution in [-0.4, -0.2) is 23.4 Å². The van der Waals surface area contributed by atoms with Crippen molar-refractivity contribution >= 4 is 12.2 Å². The van der Waals surface area contributed by atoms with E-state index in [4.69, 9.17) is 20.9 Å². The smallest absolute Gasteiger partial charge is 0.405 e. The van der Waals surface area contributed by atoms with Crippen LogP contribution in [-0.2, 0) is 9.47 Å². The Balaban J connectivity index is 1.90. The highest BCUT2D eigenvalue weighted by atomic mass is 16.6. The first-order chi connectivity index (χ1) is 15.5. The summed E-state index contributed by atoms with van der Waals surface area (Å²) in [5, 5.41) is 0. The van der Waals surface area contributed by atoms with Crippen LogP contribution in [0.1, 0.15) is 111 Å². The lowest BCUT2D eigenvalue weighted by Crippen LogP contribution is -2.71. The fourth-order valence-electron chi connectivity index (χ4n) is 9.62. The highest BCUT2D eigenvalue weighted by molar-refractivity contribution is 5.68. The van der Waals surface area contributed by atoms with Crippen molar-refractivity contribution in [2.45, 2.75) is 122 Å². The van der Waals surface area contributed by atoms with Crippen LogP contribution < -0.4 is 11.5 Å². The minimum absolute atomic E-state index is 0.0304. The number of rotatable bonds is 6. The van der Waals surface area contributed by atoms with E-state index in [1.807, 2.05) is 0 Å². The van der Waals surface area contributed by atoms with E-state index in [-0.39, 0.29) is 16.7 Å². The highest BCUT2D eigenvalue weighted by Crippen LogP contribution is 2.78. The van der Waals surface area contributed by atoms with Crippen molar-refractivity contribution in [3.63, 3.8) is 0 Å². The number of carbonyl (C=O) groups is 2. The molecule has 0 aromatic heterocycles. The van der Waals surface area contributed by atoms with Gasteiger partial charge >= 0.3 is 12.2 Å². The van der Waals surface area contributed by atoms with Crippen molar-refractivity contribution in [3.8, 4) is 0 Å². The number of primary amides is 2. The molecule has 4 rings (SSSR count). The molecule has 0 aliphatic heterocycles. The minimum atomic E-state index is -0.979. The van der Waals surface area contributed by atoms with Gasteiger partial charge in [-0.1, -0.05) is 91.9 Å². The van der Waals surface area contributed by atoms with Gasteiger partial charge in [0.15, 0.2) is 11.2 Å². The molecule has 4 fully saturated rings. The van der Waals surface area contributed by atoms with Crippen molar-refractivity contribution in [1.82, 2.24) is 0 Å². The molecular formula is C27H46N2O4. The van der Waals surface area contributed by atoms with E-state index in [0.29, 0.717) is 30.6 Å². The number of hydrogen-bond acceptors (Lipinski definition) is 4. The van der Waals surface area contributed by atoms with Crippen LogP contribution in [0.4, 0.5) is 9.59 Å². The first kappa shape index (κ1) is 24.7. The minimum Gasteiger partial charge on any atom is -0.439 e. The van der Waals surface area contributed by atoms with Gasteiger partial charge in [-0.05, 0) is 42.4 Å². The van der Waals surface area contributed by atoms with Crippen molar-refractivity contribution < 1.29 is 19.1 Å². The fraction of sp³-hybridized carbons (Fsp3) is 0.926. The Morgan fingerprint density at radius 3 is 1.73 bits per heavy atom. The van der Waals surface area contributed by atoms with Crippen LogP contribution in [0.5, 0.6) is 0 Å². The number of carbonyl (C=O) groups excluding carboxylic acids is 2. The Morgan fingerprint density at radius 1 is 0.758 bits per heavy atom. The molecule has 33 heavy (non-hydrogen) atoms. The standard InChI is InChI=1S/C27H46N2O4/c1-18(20-11-7-5-8-12-20)25(4)24(3)15-16-26(17-24,32-22(28)30)27(25,33-23(29)31)19(2)21-13-9-6-10-14-21/h18-21H,5-17H2,1-4H3,(H2,28,30)(H2,29,31). The van der Waals surface area contributed by atoms with Gasteiger partial charge in [-0.15, -0.1) is 0 Å². The molecule has 0 aromatic carbocycles. The molecule has 4 aliphatic carbocycles. The second-order valence-corrected chi connectivity index (χ2v) is 12.4. The molecule has 6 heteroatoms. The Bertz CT molecular complexity index is 761. The number of nitrogens with two attached hydrogens (primary N) is 2. The maximum atomic E-state index is 12.7. The zero-order valence-electron chi connectivity index (χ0n) is 21.3. The second-order valence-electron chi connectivity index (χ2n) is 12.4. The monoisotopic (exact) mass is 462 g/mol. The second kappa shape index (κ2) is 8.64. The first-order valence-electron chi connectivity index (χ1n) is 13.5. The third-order valence-electron chi connectivity index (χ3n) is 11.3. The van der Waals surface area contributed by atoms with Crippen LogP contribution in [0, 0.1) is 34.5 Å². The Labute approximate surface area is 199 Å².